The number of para-hydroxylation sites is 2. The smallest absolute Gasteiger partial charge is 0.253 e. The zero-order valence-electron chi connectivity index (χ0n) is 14.4. The Morgan fingerprint density at radius 3 is 2.41 bits per heavy atom. The van der Waals surface area contributed by atoms with Crippen LogP contribution in [0.25, 0.3) is 0 Å². The zero-order chi connectivity index (χ0) is 19.1. The summed E-state index contributed by atoms with van der Waals surface area (Å²) in [7, 11) is 0. The number of hydrogen-bond acceptors (Lipinski definition) is 4. The number of furan rings is 1. The van der Waals surface area contributed by atoms with Crippen LogP contribution in [0.1, 0.15) is 16.1 Å². The van der Waals surface area contributed by atoms with Crippen molar-refractivity contribution in [2.24, 2.45) is 0 Å². The molecule has 0 atom stereocenters. The van der Waals surface area contributed by atoms with E-state index in [9.17, 15) is 9.59 Å². The lowest BCUT2D eigenvalue weighted by Gasteiger charge is -2.12. The van der Waals surface area contributed by atoms with Gasteiger partial charge in [0.2, 0.25) is 5.91 Å². The molecule has 2 amide bonds. The summed E-state index contributed by atoms with van der Waals surface area (Å²) in [5.41, 5.74) is 1.81. The molecule has 0 saturated heterocycles. The van der Waals surface area contributed by atoms with Gasteiger partial charge in [0.25, 0.3) is 5.91 Å². The van der Waals surface area contributed by atoms with Gasteiger partial charge in [-0.1, -0.05) is 24.3 Å². The molecule has 27 heavy (non-hydrogen) atoms. The summed E-state index contributed by atoms with van der Waals surface area (Å²) < 4.78 is 6.17. The van der Waals surface area contributed by atoms with Crippen molar-refractivity contribution in [1.82, 2.24) is 5.32 Å². The first-order chi connectivity index (χ1) is 13.1. The summed E-state index contributed by atoms with van der Waals surface area (Å²) in [6.07, 6.45) is 1.56. The molecule has 0 fully saturated rings. The zero-order valence-corrected chi connectivity index (χ0v) is 16.5. The van der Waals surface area contributed by atoms with Crippen molar-refractivity contribution in [3.05, 3.63) is 81.8 Å². The topological polar surface area (TPSA) is 83.4 Å². The minimum Gasteiger partial charge on any atom is -0.467 e. The number of nitrogens with one attached hydrogen (secondary N) is 3. The highest BCUT2D eigenvalue weighted by molar-refractivity contribution is 14.1. The number of rotatable bonds is 7. The maximum Gasteiger partial charge on any atom is 0.253 e. The van der Waals surface area contributed by atoms with Gasteiger partial charge in [0, 0.05) is 9.26 Å². The second-order valence-electron chi connectivity index (χ2n) is 5.69. The number of halogens is 1. The van der Waals surface area contributed by atoms with Crippen LogP contribution in [-0.4, -0.2) is 18.4 Å². The Bertz CT molecular complexity index is 926. The van der Waals surface area contributed by atoms with Gasteiger partial charge in [-0.2, -0.15) is 0 Å². The molecule has 0 aliphatic carbocycles. The normalized spacial score (nSPS) is 10.3. The molecule has 1 heterocycles. The molecule has 0 bridgehead atoms. The molecule has 0 aliphatic heterocycles. The van der Waals surface area contributed by atoms with Crippen LogP contribution in [0.5, 0.6) is 0 Å². The Balaban J connectivity index is 1.59. The van der Waals surface area contributed by atoms with Crippen molar-refractivity contribution in [3.63, 3.8) is 0 Å². The average molecular weight is 475 g/mol. The first-order valence-electron chi connectivity index (χ1n) is 8.31. The van der Waals surface area contributed by atoms with Crippen LogP contribution in [0.2, 0.25) is 0 Å². The number of amides is 2. The minimum absolute atomic E-state index is 0.0491. The van der Waals surface area contributed by atoms with Gasteiger partial charge in [-0.3, -0.25) is 9.59 Å². The van der Waals surface area contributed by atoms with Gasteiger partial charge in [0.15, 0.2) is 0 Å². The first kappa shape index (κ1) is 19.0. The van der Waals surface area contributed by atoms with Gasteiger partial charge >= 0.3 is 0 Å². The lowest BCUT2D eigenvalue weighted by Crippen LogP contribution is -2.26. The van der Waals surface area contributed by atoms with E-state index in [1.54, 1.807) is 36.6 Å². The third kappa shape index (κ3) is 5.33. The van der Waals surface area contributed by atoms with Crippen molar-refractivity contribution < 1.29 is 14.0 Å². The van der Waals surface area contributed by atoms with Crippen molar-refractivity contribution >= 4 is 45.8 Å². The maximum atomic E-state index is 12.4. The summed E-state index contributed by atoms with van der Waals surface area (Å²) in [6, 6.07) is 18.2. The van der Waals surface area contributed by atoms with Crippen LogP contribution >= 0.6 is 22.6 Å². The van der Waals surface area contributed by atoms with Gasteiger partial charge in [-0.25, -0.2) is 0 Å². The quantitative estimate of drug-likeness (QED) is 0.454. The fourth-order valence-corrected chi connectivity index (χ4v) is 2.97. The Kier molecular flexibility index (Phi) is 6.48. The summed E-state index contributed by atoms with van der Waals surface area (Å²) in [6.45, 7) is 0.348. The highest BCUT2D eigenvalue weighted by Crippen LogP contribution is 2.18. The average Bonchev–Trinajstić information content (AvgIpc) is 3.20. The van der Waals surface area contributed by atoms with Crippen molar-refractivity contribution in [1.29, 1.82) is 0 Å². The lowest BCUT2D eigenvalue weighted by atomic mass is 10.1. The number of carbonyl (C=O) groups excluding carboxylic acids is 2. The summed E-state index contributed by atoms with van der Waals surface area (Å²) >= 11 is 2.17. The van der Waals surface area contributed by atoms with E-state index in [4.69, 9.17) is 4.42 Å². The summed E-state index contributed by atoms with van der Waals surface area (Å²) in [5.74, 6) is 0.239. The molecule has 0 saturated carbocycles. The lowest BCUT2D eigenvalue weighted by molar-refractivity contribution is -0.114. The minimum atomic E-state index is -0.243. The number of hydrogen-bond donors (Lipinski definition) is 3. The standard InChI is InChI=1S/C20H18IN3O3/c21-16-8-2-4-10-18(16)24-19(25)13-22-17-9-3-1-7-15(17)20(26)23-12-14-6-5-11-27-14/h1-11,22H,12-13H2,(H,23,26)(H,24,25). The Hall–Kier alpha value is -2.81. The molecular weight excluding hydrogens is 457 g/mol. The molecule has 0 spiro atoms. The Morgan fingerprint density at radius 1 is 0.926 bits per heavy atom. The molecule has 0 aliphatic rings. The molecule has 3 aromatic rings. The molecule has 3 N–H and O–H groups in total. The van der Waals surface area contributed by atoms with E-state index in [0.717, 1.165) is 9.26 Å². The second-order valence-corrected chi connectivity index (χ2v) is 6.85. The number of benzene rings is 2. The maximum absolute atomic E-state index is 12.4. The molecule has 0 unspecified atom stereocenters. The molecule has 6 nitrogen and oxygen atoms in total. The first-order valence-corrected chi connectivity index (χ1v) is 9.39. The van der Waals surface area contributed by atoms with Crippen molar-refractivity contribution in [3.8, 4) is 0 Å². The largest absolute Gasteiger partial charge is 0.467 e. The molecular formula is C20H18IN3O3. The Labute approximate surface area is 170 Å². The van der Waals surface area contributed by atoms with Crippen LogP contribution in [0.15, 0.2) is 71.3 Å². The molecule has 7 heteroatoms. The summed E-state index contributed by atoms with van der Waals surface area (Å²) in [4.78, 5) is 24.7. The monoisotopic (exact) mass is 475 g/mol. The predicted molar refractivity (Wildman–Crippen MR) is 113 cm³/mol. The Morgan fingerprint density at radius 2 is 1.67 bits per heavy atom. The van der Waals surface area contributed by atoms with E-state index >= 15 is 0 Å². The SMILES string of the molecule is O=C(CNc1ccccc1C(=O)NCc1ccco1)Nc1ccccc1I. The van der Waals surface area contributed by atoms with Gasteiger partial charge in [0.05, 0.1) is 30.6 Å². The van der Waals surface area contributed by atoms with Gasteiger partial charge in [-0.15, -0.1) is 0 Å². The van der Waals surface area contributed by atoms with Crippen LogP contribution in [-0.2, 0) is 11.3 Å². The molecule has 0 radical (unpaired) electrons. The predicted octanol–water partition coefficient (Wildman–Crippen LogP) is 3.86. The van der Waals surface area contributed by atoms with E-state index in [2.05, 4.69) is 38.5 Å². The highest BCUT2D eigenvalue weighted by atomic mass is 127. The molecule has 3 rings (SSSR count). The van der Waals surface area contributed by atoms with Crippen LogP contribution in [0, 0.1) is 3.57 Å². The number of carbonyl (C=O) groups is 2. The van der Waals surface area contributed by atoms with Crippen LogP contribution < -0.4 is 16.0 Å². The van der Waals surface area contributed by atoms with Gasteiger partial charge < -0.3 is 20.4 Å². The van der Waals surface area contributed by atoms with Gasteiger partial charge in [-0.05, 0) is 59.0 Å². The summed E-state index contributed by atoms with van der Waals surface area (Å²) in [5, 5.41) is 8.68. The van der Waals surface area contributed by atoms with Crippen molar-refractivity contribution in [2.75, 3.05) is 17.2 Å². The van der Waals surface area contributed by atoms with E-state index < -0.39 is 0 Å². The van der Waals surface area contributed by atoms with Crippen molar-refractivity contribution in [2.45, 2.75) is 6.54 Å². The van der Waals surface area contributed by atoms with Crippen LogP contribution in [0.3, 0.4) is 0 Å². The highest BCUT2D eigenvalue weighted by Gasteiger charge is 2.12. The van der Waals surface area contributed by atoms with Crippen LogP contribution in [0.4, 0.5) is 11.4 Å². The third-order valence-electron chi connectivity index (χ3n) is 3.76. The molecule has 1 aromatic heterocycles. The van der Waals surface area contributed by atoms with E-state index in [1.165, 1.54) is 0 Å². The van der Waals surface area contributed by atoms with E-state index in [1.807, 2.05) is 30.3 Å². The molecule has 138 valence electrons. The molecule has 2 aromatic carbocycles. The second kappa shape index (κ2) is 9.22. The fourth-order valence-electron chi connectivity index (χ4n) is 2.44. The third-order valence-corrected chi connectivity index (χ3v) is 4.70. The fraction of sp³-hybridized carbons (Fsp3) is 0.100. The van der Waals surface area contributed by atoms with E-state index in [0.29, 0.717) is 23.6 Å². The van der Waals surface area contributed by atoms with E-state index in [-0.39, 0.29) is 18.4 Å². The number of anilines is 2. The van der Waals surface area contributed by atoms with Gasteiger partial charge in [0.1, 0.15) is 5.76 Å².